The number of halogens is 2. The number of benzene rings is 1. The Labute approximate surface area is 210 Å². The molecule has 5 nitrogen and oxygen atoms in total. The molecule has 0 radical (unpaired) electrons. The molecular formula is C29H32F2N4O. The van der Waals surface area contributed by atoms with Crippen molar-refractivity contribution in [1.29, 1.82) is 10.7 Å². The Morgan fingerprint density at radius 2 is 1.89 bits per heavy atom. The lowest BCUT2D eigenvalue weighted by Crippen LogP contribution is -2.26. The Bertz CT molecular complexity index is 1320. The SMILES string of the molecule is CC(=N)C(C(C)=O)c1cnc2c(-c3ccc(C(C)(C)C#N)cc3)cn(CC3CCC(F)(F)CC3)c2c1. The summed E-state index contributed by atoms with van der Waals surface area (Å²) in [6, 6.07) is 12.1. The van der Waals surface area contributed by atoms with Gasteiger partial charge in [0.1, 0.15) is 5.78 Å². The zero-order valence-electron chi connectivity index (χ0n) is 21.2. The Hall–Kier alpha value is -3.40. The Balaban J connectivity index is 1.79. The zero-order valence-corrected chi connectivity index (χ0v) is 21.2. The van der Waals surface area contributed by atoms with Gasteiger partial charge in [0, 0.05) is 43.1 Å². The monoisotopic (exact) mass is 490 g/mol. The molecule has 0 bridgehead atoms. The highest BCUT2D eigenvalue weighted by Gasteiger charge is 2.35. The predicted molar refractivity (Wildman–Crippen MR) is 138 cm³/mol. The maximum atomic E-state index is 13.7. The topological polar surface area (TPSA) is 82.5 Å². The number of nitrogens with zero attached hydrogens (tertiary/aromatic N) is 3. The van der Waals surface area contributed by atoms with Gasteiger partial charge in [-0.05, 0) is 69.2 Å². The summed E-state index contributed by atoms with van der Waals surface area (Å²) in [4.78, 5) is 17.0. The van der Waals surface area contributed by atoms with Gasteiger partial charge in [0.15, 0.2) is 0 Å². The molecule has 1 saturated carbocycles. The molecule has 1 N–H and O–H groups in total. The third kappa shape index (κ3) is 5.09. The second-order valence-electron chi connectivity index (χ2n) is 10.7. The first kappa shape index (κ1) is 25.7. The number of ketones is 1. The van der Waals surface area contributed by atoms with Gasteiger partial charge in [-0.1, -0.05) is 24.3 Å². The maximum Gasteiger partial charge on any atom is 0.248 e. The van der Waals surface area contributed by atoms with Crippen molar-refractivity contribution in [2.45, 2.75) is 77.2 Å². The molecular weight excluding hydrogens is 458 g/mol. The van der Waals surface area contributed by atoms with Crippen LogP contribution in [0.4, 0.5) is 8.78 Å². The largest absolute Gasteiger partial charge is 0.345 e. The van der Waals surface area contributed by atoms with Crippen molar-refractivity contribution in [1.82, 2.24) is 9.55 Å². The van der Waals surface area contributed by atoms with E-state index in [0.717, 1.165) is 27.7 Å². The standard InChI is InChI=1S/C29H32F2N4O/c1-18(33)26(19(2)36)22-13-25-27(34-14-22)24(21-5-7-23(8-6-21)28(3,4)17-32)16-35(25)15-20-9-11-29(30,31)12-10-20/h5-8,13-14,16,20,26,33H,9-12,15H2,1-4H3. The van der Waals surface area contributed by atoms with Crippen molar-refractivity contribution in [3.8, 4) is 17.2 Å². The molecule has 1 unspecified atom stereocenters. The van der Waals surface area contributed by atoms with Crippen molar-refractivity contribution in [3.63, 3.8) is 0 Å². The van der Waals surface area contributed by atoms with Crippen molar-refractivity contribution in [2.24, 2.45) is 5.92 Å². The number of carbonyl (C=O) groups excluding carboxylic acids is 1. The van der Waals surface area contributed by atoms with Gasteiger partial charge in [0.25, 0.3) is 0 Å². The molecule has 1 aliphatic rings. The van der Waals surface area contributed by atoms with Gasteiger partial charge in [0.05, 0.1) is 28.4 Å². The van der Waals surface area contributed by atoms with E-state index in [-0.39, 0.29) is 30.3 Å². The van der Waals surface area contributed by atoms with E-state index in [4.69, 9.17) is 10.4 Å². The van der Waals surface area contributed by atoms with Crippen LogP contribution in [0.25, 0.3) is 22.2 Å². The Morgan fingerprint density at radius 1 is 1.25 bits per heavy atom. The average Bonchev–Trinajstić information content (AvgIpc) is 3.17. The fraction of sp³-hybridized carbons (Fsp3) is 0.448. The predicted octanol–water partition coefficient (Wildman–Crippen LogP) is 7.04. The molecule has 1 aliphatic carbocycles. The van der Waals surface area contributed by atoms with E-state index in [0.29, 0.717) is 24.9 Å². The van der Waals surface area contributed by atoms with Crippen LogP contribution in [-0.4, -0.2) is 27.0 Å². The first-order valence-corrected chi connectivity index (χ1v) is 12.4. The molecule has 3 aromatic rings. The number of alkyl halides is 2. The molecule has 0 spiro atoms. The number of nitrogens with one attached hydrogen (secondary N) is 1. The Morgan fingerprint density at radius 3 is 2.44 bits per heavy atom. The Kier molecular flexibility index (Phi) is 6.83. The van der Waals surface area contributed by atoms with Crippen LogP contribution in [0.5, 0.6) is 0 Å². The first-order valence-electron chi connectivity index (χ1n) is 12.4. The number of nitriles is 1. The fourth-order valence-electron chi connectivity index (χ4n) is 5.18. The molecule has 4 rings (SSSR count). The van der Waals surface area contributed by atoms with E-state index in [9.17, 15) is 18.8 Å². The third-order valence-corrected chi connectivity index (χ3v) is 7.40. The number of hydrogen-bond acceptors (Lipinski definition) is 4. The van der Waals surface area contributed by atoms with E-state index >= 15 is 0 Å². The van der Waals surface area contributed by atoms with E-state index in [1.165, 1.54) is 6.92 Å². The van der Waals surface area contributed by atoms with Crippen LogP contribution < -0.4 is 0 Å². The van der Waals surface area contributed by atoms with Crippen molar-refractivity contribution < 1.29 is 13.6 Å². The molecule has 0 amide bonds. The smallest absolute Gasteiger partial charge is 0.248 e. The van der Waals surface area contributed by atoms with Gasteiger partial charge in [-0.25, -0.2) is 8.78 Å². The molecule has 1 aromatic carbocycles. The molecule has 1 fully saturated rings. The zero-order chi connectivity index (χ0) is 26.3. The molecule has 2 heterocycles. The lowest BCUT2D eigenvalue weighted by Gasteiger charge is -2.28. The summed E-state index contributed by atoms with van der Waals surface area (Å²) in [5, 5.41) is 17.6. The number of Topliss-reactive ketones (excluding diaryl/α,β-unsaturated/α-hetero) is 1. The highest BCUT2D eigenvalue weighted by Crippen LogP contribution is 2.39. The quantitative estimate of drug-likeness (QED) is 0.361. The van der Waals surface area contributed by atoms with Crippen LogP contribution in [0.2, 0.25) is 0 Å². The van der Waals surface area contributed by atoms with E-state index in [2.05, 4.69) is 10.6 Å². The van der Waals surface area contributed by atoms with Crippen LogP contribution in [0, 0.1) is 22.7 Å². The molecule has 7 heteroatoms. The molecule has 2 aromatic heterocycles. The number of fused-ring (bicyclic) bond motifs is 1. The van der Waals surface area contributed by atoms with E-state index in [1.54, 1.807) is 13.1 Å². The summed E-state index contributed by atoms with van der Waals surface area (Å²) in [5.74, 6) is -3.23. The van der Waals surface area contributed by atoms with Crippen LogP contribution in [-0.2, 0) is 16.8 Å². The summed E-state index contributed by atoms with van der Waals surface area (Å²) < 4.78 is 29.6. The summed E-state index contributed by atoms with van der Waals surface area (Å²) in [7, 11) is 0. The first-order chi connectivity index (χ1) is 16.9. The number of hydrogen-bond donors (Lipinski definition) is 1. The van der Waals surface area contributed by atoms with Crippen molar-refractivity contribution in [3.05, 3.63) is 53.9 Å². The van der Waals surface area contributed by atoms with Crippen LogP contribution in [0.15, 0.2) is 42.7 Å². The molecule has 36 heavy (non-hydrogen) atoms. The summed E-state index contributed by atoms with van der Waals surface area (Å²) >= 11 is 0. The fourth-order valence-corrected chi connectivity index (χ4v) is 5.18. The van der Waals surface area contributed by atoms with Crippen LogP contribution in [0.1, 0.15) is 70.4 Å². The molecule has 188 valence electrons. The molecule has 0 saturated heterocycles. The van der Waals surface area contributed by atoms with Gasteiger partial charge >= 0.3 is 0 Å². The number of carbonyl (C=O) groups is 1. The molecule has 0 aliphatic heterocycles. The normalized spacial score (nSPS) is 17.0. The van der Waals surface area contributed by atoms with Gasteiger partial charge < -0.3 is 9.98 Å². The van der Waals surface area contributed by atoms with E-state index < -0.39 is 17.3 Å². The minimum Gasteiger partial charge on any atom is -0.345 e. The van der Waals surface area contributed by atoms with Crippen molar-refractivity contribution >= 4 is 22.5 Å². The van der Waals surface area contributed by atoms with Gasteiger partial charge in [-0.2, -0.15) is 5.26 Å². The third-order valence-electron chi connectivity index (χ3n) is 7.40. The summed E-state index contributed by atoms with van der Waals surface area (Å²) in [5.41, 5.74) is 4.67. The number of pyridine rings is 1. The second kappa shape index (κ2) is 9.57. The number of rotatable bonds is 7. The average molecular weight is 491 g/mol. The highest BCUT2D eigenvalue weighted by molar-refractivity contribution is 6.07. The van der Waals surface area contributed by atoms with Crippen LogP contribution in [0.3, 0.4) is 0 Å². The summed E-state index contributed by atoms with van der Waals surface area (Å²) in [6.07, 6.45) is 4.41. The summed E-state index contributed by atoms with van der Waals surface area (Å²) in [6.45, 7) is 7.44. The lowest BCUT2D eigenvalue weighted by atomic mass is 9.85. The minimum absolute atomic E-state index is 0.0945. The van der Waals surface area contributed by atoms with Gasteiger partial charge in [-0.15, -0.1) is 0 Å². The lowest BCUT2D eigenvalue weighted by molar-refractivity contribution is -0.117. The van der Waals surface area contributed by atoms with Gasteiger partial charge in [-0.3, -0.25) is 9.78 Å². The molecule has 1 atom stereocenters. The van der Waals surface area contributed by atoms with Crippen LogP contribution >= 0.6 is 0 Å². The highest BCUT2D eigenvalue weighted by atomic mass is 19.3. The van der Waals surface area contributed by atoms with Crippen molar-refractivity contribution in [2.75, 3.05) is 0 Å². The van der Waals surface area contributed by atoms with E-state index in [1.807, 2.05) is 50.4 Å². The van der Waals surface area contributed by atoms with Gasteiger partial charge in [0.2, 0.25) is 5.92 Å². The minimum atomic E-state index is -2.58. The second-order valence-corrected chi connectivity index (χ2v) is 10.7. The maximum absolute atomic E-state index is 13.7. The number of aromatic nitrogens is 2.